The molecule has 0 fully saturated rings. The molecule has 0 heterocycles. The SMILES string of the molecule is Cc1cccc(C)c1-c1cccc(-c2c(C)cccc2C)c1S[CH]([BiH2])Sc1c(-c2c(C)cccc2C)cccc1-c1c(C)cccc1C. The van der Waals surface area contributed by atoms with E-state index in [-0.39, 0.29) is 0 Å². The van der Waals surface area contributed by atoms with Crippen molar-refractivity contribution in [3.05, 3.63) is 154 Å². The summed E-state index contributed by atoms with van der Waals surface area (Å²) in [6, 6.07) is 40.7. The molecule has 0 aliphatic heterocycles. The average Bonchev–Trinajstić information content (AvgIpc) is 3.03. The van der Waals surface area contributed by atoms with Crippen molar-refractivity contribution in [1.82, 2.24) is 0 Å². The predicted molar refractivity (Wildman–Crippen MR) is 217 cm³/mol. The zero-order chi connectivity index (χ0) is 34.1. The summed E-state index contributed by atoms with van der Waals surface area (Å²) in [5.74, 6) is 0. The molecule has 0 saturated heterocycles. The summed E-state index contributed by atoms with van der Waals surface area (Å²) in [4.78, 5) is 2.79. The minimum atomic E-state index is 0.395. The Labute approximate surface area is 311 Å². The predicted octanol–water partition coefficient (Wildman–Crippen LogP) is 12.6. The Morgan fingerprint density at radius 1 is 0.333 bits per heavy atom. The van der Waals surface area contributed by atoms with Crippen molar-refractivity contribution in [3.63, 3.8) is 0 Å². The van der Waals surface area contributed by atoms with Crippen LogP contribution in [0.3, 0.4) is 0 Å². The van der Waals surface area contributed by atoms with Crippen LogP contribution >= 0.6 is 23.5 Å². The standard InChI is InChI=1S/C45H43S2.Bi.2H/c1-28-15-9-16-29(2)40(28)36-23-13-24-37(41-30(3)17-10-18-31(41)4)44(36)46-27-47-45-38(42-32(5)19-11-20-33(42)6)25-14-26-39(45)43-34(7)21-12-22-35(43)8;;;/h9-27H,1-8H3;;;. The van der Waals surface area contributed by atoms with Gasteiger partial charge >= 0.3 is 314 Å². The van der Waals surface area contributed by atoms with Gasteiger partial charge in [0.05, 0.1) is 0 Å². The van der Waals surface area contributed by atoms with Gasteiger partial charge in [-0.15, -0.1) is 0 Å². The normalized spacial score (nSPS) is 11.4. The van der Waals surface area contributed by atoms with E-state index < -0.39 is 0 Å². The Bertz CT molecular complexity index is 1770. The van der Waals surface area contributed by atoms with Crippen molar-refractivity contribution >= 4 is 48.2 Å². The molecule has 242 valence electrons. The first-order valence-corrected chi connectivity index (χ1v) is 21.0. The summed E-state index contributed by atoms with van der Waals surface area (Å²) in [6.45, 7) is 18.1. The van der Waals surface area contributed by atoms with Crippen LogP contribution in [0.5, 0.6) is 0 Å². The van der Waals surface area contributed by atoms with E-state index in [0.29, 0.717) is 2.29 Å². The van der Waals surface area contributed by atoms with Gasteiger partial charge < -0.3 is 0 Å². The summed E-state index contributed by atoms with van der Waals surface area (Å²) in [5.41, 5.74) is 21.5. The molecule has 0 unspecified atom stereocenters. The molecule has 3 heteroatoms. The fraction of sp³-hybridized carbons (Fsp3) is 0.200. The van der Waals surface area contributed by atoms with Gasteiger partial charge in [0.25, 0.3) is 0 Å². The summed E-state index contributed by atoms with van der Waals surface area (Å²) in [7, 11) is 0. The van der Waals surface area contributed by atoms with Crippen molar-refractivity contribution < 1.29 is 0 Å². The van der Waals surface area contributed by atoms with E-state index in [1.165, 1.54) is 98.8 Å². The molecule has 0 amide bonds. The van der Waals surface area contributed by atoms with Crippen molar-refractivity contribution in [2.24, 2.45) is 0 Å². The van der Waals surface area contributed by atoms with Gasteiger partial charge in [-0.05, 0) is 0 Å². The summed E-state index contributed by atoms with van der Waals surface area (Å²) in [5, 5.41) is 0. The van der Waals surface area contributed by atoms with E-state index in [1.807, 2.05) is 0 Å². The van der Waals surface area contributed by atoms with Crippen LogP contribution in [0.1, 0.15) is 44.5 Å². The Balaban J connectivity index is 1.55. The van der Waals surface area contributed by atoms with Crippen molar-refractivity contribution in [3.8, 4) is 44.5 Å². The summed E-state index contributed by atoms with van der Waals surface area (Å²) < 4.78 is 0.395. The topological polar surface area (TPSA) is 0 Å². The zero-order valence-corrected chi connectivity index (χ0v) is 35.5. The second kappa shape index (κ2) is 14.8. The molecule has 0 nitrogen and oxygen atoms in total. The molecule has 48 heavy (non-hydrogen) atoms. The molecule has 6 aromatic carbocycles. The molecule has 0 aliphatic rings. The van der Waals surface area contributed by atoms with Gasteiger partial charge in [0, 0.05) is 0 Å². The second-order valence-corrected chi connectivity index (χ2v) is 22.0. The summed E-state index contributed by atoms with van der Waals surface area (Å²) >= 11 is 4.89. The Morgan fingerprint density at radius 2 is 0.521 bits per heavy atom. The van der Waals surface area contributed by atoms with Gasteiger partial charge in [0.15, 0.2) is 0 Å². The van der Waals surface area contributed by atoms with Crippen LogP contribution in [0, 0.1) is 55.4 Å². The van der Waals surface area contributed by atoms with Crippen LogP contribution in [-0.2, 0) is 0 Å². The average molecular weight is 859 g/mol. The van der Waals surface area contributed by atoms with E-state index in [0.717, 1.165) is 24.7 Å². The molecule has 0 atom stereocenters. The van der Waals surface area contributed by atoms with Crippen molar-refractivity contribution in [2.75, 3.05) is 0 Å². The Kier molecular flexibility index (Phi) is 10.7. The van der Waals surface area contributed by atoms with Gasteiger partial charge in [-0.2, -0.15) is 0 Å². The van der Waals surface area contributed by atoms with Crippen LogP contribution in [0.15, 0.2) is 119 Å². The second-order valence-electron chi connectivity index (χ2n) is 13.0. The molecule has 0 radical (unpaired) electrons. The monoisotopic (exact) mass is 858 g/mol. The number of benzene rings is 6. The zero-order valence-electron chi connectivity index (χ0n) is 29.4. The fourth-order valence-electron chi connectivity index (χ4n) is 7.33. The Hall–Kier alpha value is -3.10. The first-order valence-electron chi connectivity index (χ1n) is 16.7. The third-order valence-electron chi connectivity index (χ3n) is 9.50. The van der Waals surface area contributed by atoms with Crippen LogP contribution in [0.4, 0.5) is 0 Å². The van der Waals surface area contributed by atoms with E-state index in [1.54, 1.807) is 0 Å². The van der Waals surface area contributed by atoms with Crippen molar-refractivity contribution in [2.45, 2.75) is 67.5 Å². The molecule has 0 bridgehead atoms. The van der Waals surface area contributed by atoms with Gasteiger partial charge in [-0.1, -0.05) is 0 Å². The summed E-state index contributed by atoms with van der Waals surface area (Å²) in [6.07, 6.45) is 0. The first-order chi connectivity index (χ1) is 23.1. The van der Waals surface area contributed by atoms with Crippen LogP contribution < -0.4 is 0 Å². The maximum absolute atomic E-state index is 2.35. The fourth-order valence-corrected chi connectivity index (χ4v) is 12.9. The minimum absolute atomic E-state index is 0.395. The molecule has 0 spiro atoms. The van der Waals surface area contributed by atoms with Gasteiger partial charge in [-0.3, -0.25) is 0 Å². The molecule has 0 aromatic heterocycles. The molecule has 0 saturated carbocycles. The van der Waals surface area contributed by atoms with E-state index in [9.17, 15) is 0 Å². The number of rotatable bonds is 8. The number of aryl methyl sites for hydroxylation is 8. The molecule has 6 rings (SSSR count). The third-order valence-corrected chi connectivity index (χ3v) is 15.1. The van der Waals surface area contributed by atoms with Crippen molar-refractivity contribution in [1.29, 1.82) is 0 Å². The molecule has 0 aliphatic carbocycles. The van der Waals surface area contributed by atoms with Crippen LogP contribution in [0.25, 0.3) is 44.5 Å². The van der Waals surface area contributed by atoms with Crippen LogP contribution in [-0.4, -0.2) is 27.0 Å². The quantitative estimate of drug-likeness (QED) is 0.0850. The van der Waals surface area contributed by atoms with Gasteiger partial charge in [0.2, 0.25) is 0 Å². The molecule has 0 N–H and O–H groups in total. The number of thioether (sulfide) groups is 2. The van der Waals surface area contributed by atoms with E-state index >= 15 is 0 Å². The van der Waals surface area contributed by atoms with Gasteiger partial charge in [-0.25, -0.2) is 0 Å². The van der Waals surface area contributed by atoms with E-state index in [4.69, 9.17) is 0 Å². The van der Waals surface area contributed by atoms with E-state index in [2.05, 4.69) is 188 Å². The third kappa shape index (κ3) is 6.85. The first kappa shape index (κ1) is 34.8. The number of hydrogen-bond donors (Lipinski definition) is 0. The van der Waals surface area contributed by atoms with Crippen LogP contribution in [0.2, 0.25) is 0 Å². The van der Waals surface area contributed by atoms with Gasteiger partial charge in [0.1, 0.15) is 0 Å². The molecule has 6 aromatic rings. The molecular weight excluding hydrogens is 814 g/mol. The number of hydrogen-bond acceptors (Lipinski definition) is 2. The molecular formula is C45H45BiS2. The Morgan fingerprint density at radius 3 is 0.729 bits per heavy atom. The maximum atomic E-state index is 2.35.